The van der Waals surface area contributed by atoms with Gasteiger partial charge in [0.25, 0.3) is 5.91 Å². The molecule has 1 N–H and O–H groups in total. The fourth-order valence-electron chi connectivity index (χ4n) is 4.58. The van der Waals surface area contributed by atoms with E-state index in [0.29, 0.717) is 10.6 Å². The molecule has 2 heterocycles. The number of Topliss-reactive ketones (excluding diaryl/α,β-unsaturated/α-hetero) is 1. The average Bonchev–Trinajstić information content (AvgIpc) is 3.46. The summed E-state index contributed by atoms with van der Waals surface area (Å²) in [6.45, 7) is 1.52. The Bertz CT molecular complexity index is 1140. The molecule has 3 aromatic rings. The largest absolute Gasteiger partial charge is 0.300 e. The molecule has 8 heteroatoms. The molecule has 1 saturated carbocycles. The molecule has 29 heavy (non-hydrogen) atoms. The number of nitrogens with zero attached hydrogens (tertiary/aromatic N) is 4. The van der Waals surface area contributed by atoms with E-state index in [1.54, 1.807) is 12.4 Å². The van der Waals surface area contributed by atoms with Gasteiger partial charge in [-0.15, -0.1) is 0 Å². The molecule has 5 rings (SSSR count). The first-order valence-electron chi connectivity index (χ1n) is 9.40. The highest BCUT2D eigenvalue weighted by atomic mass is 32.1. The minimum Gasteiger partial charge on any atom is -0.300 e. The van der Waals surface area contributed by atoms with Gasteiger partial charge in [-0.25, -0.2) is 15.0 Å². The van der Waals surface area contributed by atoms with E-state index in [9.17, 15) is 14.8 Å². The van der Waals surface area contributed by atoms with Crippen molar-refractivity contribution in [1.82, 2.24) is 15.0 Å². The first-order valence-corrected chi connectivity index (χ1v) is 10.2. The van der Waals surface area contributed by atoms with Gasteiger partial charge in [-0.3, -0.25) is 14.8 Å². The molecular formula is C21H18N4O3S. The molecule has 4 atom stereocenters. The van der Waals surface area contributed by atoms with Gasteiger partial charge in [0.15, 0.2) is 0 Å². The summed E-state index contributed by atoms with van der Waals surface area (Å²) in [5.74, 6) is -1.28. The standard InChI is InChI=1S/C21H18N4O3S/c1-11(26)18-13-2-3-14(6-13)19(18)20(27)25(28)21-24-16-5-4-12(7-17(16)29-21)15-8-22-10-23-9-15/h2-5,7-10,13-14,18-19,28H,6H2,1H3/t13?,14?,18-,19+/m0/s1. The van der Waals surface area contributed by atoms with Crippen molar-refractivity contribution in [2.45, 2.75) is 13.3 Å². The number of thiazole rings is 1. The predicted octanol–water partition coefficient (Wildman–Crippen LogP) is 3.50. The van der Waals surface area contributed by atoms with Crippen molar-refractivity contribution in [2.24, 2.45) is 23.7 Å². The molecule has 0 aliphatic heterocycles. The van der Waals surface area contributed by atoms with Crippen molar-refractivity contribution in [3.8, 4) is 11.1 Å². The third-order valence-electron chi connectivity index (χ3n) is 5.87. The van der Waals surface area contributed by atoms with E-state index in [2.05, 4.69) is 15.0 Å². The number of carbonyl (C=O) groups is 2. The summed E-state index contributed by atoms with van der Waals surface area (Å²) in [4.78, 5) is 37.6. The summed E-state index contributed by atoms with van der Waals surface area (Å²) in [5, 5.41) is 11.5. The number of anilines is 1. The van der Waals surface area contributed by atoms with E-state index < -0.39 is 11.8 Å². The Morgan fingerprint density at radius 1 is 1.10 bits per heavy atom. The average molecular weight is 406 g/mol. The predicted molar refractivity (Wildman–Crippen MR) is 108 cm³/mol. The number of amides is 1. The van der Waals surface area contributed by atoms with Crippen LogP contribution in [0.4, 0.5) is 5.13 Å². The Morgan fingerprint density at radius 3 is 2.55 bits per heavy atom. The minimum atomic E-state index is -0.531. The Morgan fingerprint density at radius 2 is 1.83 bits per heavy atom. The highest BCUT2D eigenvalue weighted by Gasteiger charge is 2.51. The maximum atomic E-state index is 13.1. The smallest absolute Gasteiger partial charge is 0.257 e. The van der Waals surface area contributed by atoms with Crippen LogP contribution in [0.2, 0.25) is 0 Å². The lowest BCUT2D eigenvalue weighted by Gasteiger charge is -2.27. The van der Waals surface area contributed by atoms with E-state index in [-0.39, 0.29) is 28.7 Å². The van der Waals surface area contributed by atoms with Crippen molar-refractivity contribution in [1.29, 1.82) is 0 Å². The highest BCUT2D eigenvalue weighted by Crippen LogP contribution is 2.49. The molecule has 2 bridgehead atoms. The molecule has 1 amide bonds. The van der Waals surface area contributed by atoms with Gasteiger partial charge in [0, 0.05) is 23.9 Å². The van der Waals surface area contributed by atoms with Gasteiger partial charge in [-0.2, -0.15) is 5.06 Å². The van der Waals surface area contributed by atoms with Gasteiger partial charge in [0.1, 0.15) is 12.1 Å². The maximum Gasteiger partial charge on any atom is 0.257 e. The van der Waals surface area contributed by atoms with E-state index in [1.807, 2.05) is 30.4 Å². The van der Waals surface area contributed by atoms with Gasteiger partial charge in [-0.05, 0) is 42.9 Å². The maximum absolute atomic E-state index is 13.1. The fourth-order valence-corrected chi connectivity index (χ4v) is 5.50. The van der Waals surface area contributed by atoms with Gasteiger partial charge >= 0.3 is 0 Å². The van der Waals surface area contributed by atoms with Gasteiger partial charge in [0.2, 0.25) is 5.13 Å². The van der Waals surface area contributed by atoms with Gasteiger partial charge in [0.05, 0.1) is 16.1 Å². The van der Waals surface area contributed by atoms with Gasteiger partial charge < -0.3 is 0 Å². The van der Waals surface area contributed by atoms with Crippen molar-refractivity contribution >= 4 is 38.4 Å². The second-order valence-corrected chi connectivity index (χ2v) is 8.58. The molecule has 2 aliphatic carbocycles. The number of hydrogen-bond donors (Lipinski definition) is 1. The number of benzene rings is 1. The fraction of sp³-hybridized carbons (Fsp3) is 0.286. The van der Waals surface area contributed by atoms with E-state index in [4.69, 9.17) is 0 Å². The van der Waals surface area contributed by atoms with Crippen LogP contribution in [0.15, 0.2) is 49.1 Å². The summed E-state index contributed by atoms with van der Waals surface area (Å²) in [6.07, 6.45) is 9.73. The number of hydrogen-bond acceptors (Lipinski definition) is 7. The Kier molecular flexibility index (Phi) is 4.25. The van der Waals surface area contributed by atoms with Crippen LogP contribution in [0.5, 0.6) is 0 Å². The highest BCUT2D eigenvalue weighted by molar-refractivity contribution is 7.22. The topological polar surface area (TPSA) is 96.3 Å². The minimum absolute atomic E-state index is 0.00453. The zero-order valence-corrected chi connectivity index (χ0v) is 16.4. The second-order valence-electron chi connectivity index (χ2n) is 7.57. The van der Waals surface area contributed by atoms with Crippen LogP contribution in [0, 0.1) is 23.7 Å². The van der Waals surface area contributed by atoms with Crippen LogP contribution in [-0.4, -0.2) is 31.8 Å². The van der Waals surface area contributed by atoms with Crippen LogP contribution in [0.25, 0.3) is 21.3 Å². The lowest BCUT2D eigenvalue weighted by atomic mass is 9.80. The molecule has 0 spiro atoms. The van der Waals surface area contributed by atoms with Crippen molar-refractivity contribution in [3.63, 3.8) is 0 Å². The Labute approximate surface area is 170 Å². The van der Waals surface area contributed by atoms with Gasteiger partial charge in [-0.1, -0.05) is 29.6 Å². The summed E-state index contributed by atoms with van der Waals surface area (Å²) in [6, 6.07) is 5.68. The molecule has 0 radical (unpaired) electrons. The first-order chi connectivity index (χ1) is 14.0. The molecule has 146 valence electrons. The van der Waals surface area contributed by atoms with E-state index >= 15 is 0 Å². The molecule has 1 aromatic carbocycles. The van der Waals surface area contributed by atoms with Crippen molar-refractivity contribution in [2.75, 3.05) is 5.06 Å². The van der Waals surface area contributed by atoms with Crippen LogP contribution in [0.1, 0.15) is 13.3 Å². The second kappa shape index (κ2) is 6.82. The van der Waals surface area contributed by atoms with Crippen LogP contribution in [0.3, 0.4) is 0 Å². The van der Waals surface area contributed by atoms with Crippen LogP contribution in [-0.2, 0) is 9.59 Å². The number of carbonyl (C=O) groups excluding carboxylic acids is 2. The lowest BCUT2D eigenvalue weighted by Crippen LogP contribution is -2.41. The lowest BCUT2D eigenvalue weighted by molar-refractivity contribution is -0.134. The molecule has 2 unspecified atom stereocenters. The molecule has 7 nitrogen and oxygen atoms in total. The third-order valence-corrected chi connectivity index (χ3v) is 6.87. The zero-order chi connectivity index (χ0) is 20.1. The summed E-state index contributed by atoms with van der Waals surface area (Å²) < 4.78 is 0.837. The monoisotopic (exact) mass is 406 g/mol. The molecule has 2 aromatic heterocycles. The number of allylic oxidation sites excluding steroid dienone is 2. The van der Waals surface area contributed by atoms with E-state index in [0.717, 1.165) is 22.2 Å². The summed E-state index contributed by atoms with van der Waals surface area (Å²) in [5.41, 5.74) is 2.49. The quantitative estimate of drug-likeness (QED) is 0.405. The number of aromatic nitrogens is 3. The summed E-state index contributed by atoms with van der Waals surface area (Å²) >= 11 is 1.23. The normalized spacial score (nSPS) is 24.9. The molecular weight excluding hydrogens is 388 g/mol. The number of fused-ring (bicyclic) bond motifs is 3. The zero-order valence-electron chi connectivity index (χ0n) is 15.6. The van der Waals surface area contributed by atoms with E-state index in [1.165, 1.54) is 24.6 Å². The Balaban J connectivity index is 1.45. The Hall–Kier alpha value is -2.97. The number of rotatable bonds is 4. The summed E-state index contributed by atoms with van der Waals surface area (Å²) in [7, 11) is 0. The third kappa shape index (κ3) is 2.95. The SMILES string of the molecule is CC(=O)[C@H]1C2C=CC(C2)[C@H]1C(=O)N(O)c1nc2ccc(-c3cncnc3)cc2s1. The number of hydroxylamine groups is 1. The van der Waals surface area contributed by atoms with Crippen LogP contribution < -0.4 is 5.06 Å². The van der Waals surface area contributed by atoms with Crippen molar-refractivity contribution in [3.05, 3.63) is 49.1 Å². The van der Waals surface area contributed by atoms with Crippen molar-refractivity contribution < 1.29 is 14.8 Å². The molecule has 2 aliphatic rings. The first kappa shape index (κ1) is 18.1. The van der Waals surface area contributed by atoms with Crippen LogP contribution >= 0.6 is 11.3 Å². The number of ketones is 1. The molecule has 0 saturated heterocycles. The molecule has 1 fully saturated rings.